The molecule has 2 N–H and O–H groups in total. The van der Waals surface area contributed by atoms with Crippen molar-refractivity contribution in [3.8, 4) is 0 Å². The van der Waals surface area contributed by atoms with E-state index in [4.69, 9.17) is 4.74 Å². The molecule has 15 heavy (non-hydrogen) atoms. The second kappa shape index (κ2) is 3.72. The largest absolute Gasteiger partial charge is 0.464 e. The van der Waals surface area contributed by atoms with Gasteiger partial charge in [-0.25, -0.2) is 9.59 Å². The van der Waals surface area contributed by atoms with E-state index in [1.165, 1.54) is 7.05 Å². The molecular weight excluding hydrogens is 196 g/mol. The number of amides is 2. The van der Waals surface area contributed by atoms with Crippen molar-refractivity contribution in [3.05, 3.63) is 0 Å². The molecule has 0 radical (unpaired) electrons. The SMILES string of the molecule is CCOC(=O)C1(NC(=O)NC)CC1(C)C. The normalized spacial score (nSPS) is 26.7. The maximum Gasteiger partial charge on any atom is 0.332 e. The van der Waals surface area contributed by atoms with Gasteiger partial charge in [-0.05, 0) is 13.3 Å². The van der Waals surface area contributed by atoms with E-state index in [0.29, 0.717) is 13.0 Å². The van der Waals surface area contributed by atoms with Crippen LogP contribution in [0.15, 0.2) is 0 Å². The topological polar surface area (TPSA) is 67.4 Å². The molecule has 1 fully saturated rings. The highest BCUT2D eigenvalue weighted by atomic mass is 16.5. The summed E-state index contributed by atoms with van der Waals surface area (Å²) in [6.07, 6.45) is 0.617. The summed E-state index contributed by atoms with van der Waals surface area (Å²) in [5.41, 5.74) is -1.07. The second-order valence-electron chi connectivity index (χ2n) is 4.39. The monoisotopic (exact) mass is 214 g/mol. The van der Waals surface area contributed by atoms with Gasteiger partial charge in [0.15, 0.2) is 0 Å². The first-order valence-corrected chi connectivity index (χ1v) is 5.07. The molecule has 1 saturated carbocycles. The van der Waals surface area contributed by atoms with Crippen molar-refractivity contribution in [2.75, 3.05) is 13.7 Å². The number of ether oxygens (including phenoxy) is 1. The van der Waals surface area contributed by atoms with Crippen LogP contribution in [0.5, 0.6) is 0 Å². The lowest BCUT2D eigenvalue weighted by Crippen LogP contribution is -2.50. The van der Waals surface area contributed by atoms with Crippen LogP contribution in [0.1, 0.15) is 27.2 Å². The number of hydrogen-bond acceptors (Lipinski definition) is 3. The van der Waals surface area contributed by atoms with Gasteiger partial charge in [-0.2, -0.15) is 0 Å². The van der Waals surface area contributed by atoms with Crippen molar-refractivity contribution in [1.29, 1.82) is 0 Å². The van der Waals surface area contributed by atoms with E-state index in [9.17, 15) is 9.59 Å². The molecule has 1 aliphatic rings. The molecule has 0 aromatic heterocycles. The molecule has 5 heteroatoms. The number of carbonyl (C=O) groups excluding carboxylic acids is 2. The van der Waals surface area contributed by atoms with Crippen molar-refractivity contribution in [2.45, 2.75) is 32.7 Å². The van der Waals surface area contributed by atoms with E-state index in [0.717, 1.165) is 0 Å². The van der Waals surface area contributed by atoms with Crippen LogP contribution in [-0.4, -0.2) is 31.2 Å². The predicted octanol–water partition coefficient (Wildman–Crippen LogP) is 0.647. The Balaban J connectivity index is 2.75. The summed E-state index contributed by atoms with van der Waals surface area (Å²) in [5, 5.41) is 5.11. The van der Waals surface area contributed by atoms with Gasteiger partial charge in [-0.1, -0.05) is 13.8 Å². The Labute approximate surface area is 89.6 Å². The summed E-state index contributed by atoms with van der Waals surface area (Å²) >= 11 is 0. The lowest BCUT2D eigenvalue weighted by atomic mass is 10.1. The molecule has 0 aliphatic heterocycles. The van der Waals surface area contributed by atoms with Crippen LogP contribution >= 0.6 is 0 Å². The van der Waals surface area contributed by atoms with Crippen molar-refractivity contribution in [3.63, 3.8) is 0 Å². The summed E-state index contributed by atoms with van der Waals surface area (Å²) < 4.78 is 4.97. The number of esters is 1. The third kappa shape index (κ3) is 1.91. The Morgan fingerprint density at radius 1 is 1.40 bits per heavy atom. The first-order valence-electron chi connectivity index (χ1n) is 5.07. The van der Waals surface area contributed by atoms with Crippen LogP contribution in [0.3, 0.4) is 0 Å². The highest BCUT2D eigenvalue weighted by Crippen LogP contribution is 2.56. The van der Waals surface area contributed by atoms with Crippen LogP contribution in [-0.2, 0) is 9.53 Å². The highest BCUT2D eigenvalue weighted by Gasteiger charge is 2.68. The van der Waals surface area contributed by atoms with E-state index in [2.05, 4.69) is 10.6 Å². The Hall–Kier alpha value is -1.26. The smallest absolute Gasteiger partial charge is 0.332 e. The van der Waals surface area contributed by atoms with Crippen molar-refractivity contribution < 1.29 is 14.3 Å². The molecule has 0 aromatic rings. The fourth-order valence-corrected chi connectivity index (χ4v) is 1.74. The average molecular weight is 214 g/mol. The van der Waals surface area contributed by atoms with E-state index < -0.39 is 5.54 Å². The first-order chi connectivity index (χ1) is 6.89. The predicted molar refractivity (Wildman–Crippen MR) is 55.4 cm³/mol. The molecule has 0 heterocycles. The van der Waals surface area contributed by atoms with Gasteiger partial charge in [0.2, 0.25) is 0 Å². The number of urea groups is 1. The summed E-state index contributed by atoms with van der Waals surface area (Å²) in [7, 11) is 1.52. The standard InChI is InChI=1S/C10H18N2O3/c1-5-15-7(13)10(6-9(10,2)3)12-8(14)11-4/h5-6H2,1-4H3,(H2,11,12,14). The van der Waals surface area contributed by atoms with Gasteiger partial charge in [0.05, 0.1) is 6.61 Å². The summed E-state index contributed by atoms with van der Waals surface area (Å²) in [5.74, 6) is -0.349. The molecule has 0 saturated heterocycles. The van der Waals surface area contributed by atoms with Crippen molar-refractivity contribution in [2.24, 2.45) is 5.41 Å². The molecule has 0 bridgehead atoms. The molecule has 2 amide bonds. The lowest BCUT2D eigenvalue weighted by Gasteiger charge is -2.19. The third-order valence-electron chi connectivity index (χ3n) is 2.92. The highest BCUT2D eigenvalue weighted by molar-refractivity contribution is 5.91. The quantitative estimate of drug-likeness (QED) is 0.678. The van der Waals surface area contributed by atoms with Gasteiger partial charge in [0.1, 0.15) is 5.54 Å². The molecule has 86 valence electrons. The Bertz CT molecular complexity index is 288. The van der Waals surface area contributed by atoms with Gasteiger partial charge in [-0.15, -0.1) is 0 Å². The third-order valence-corrected chi connectivity index (χ3v) is 2.92. The zero-order chi connectivity index (χ0) is 11.7. The average Bonchev–Trinajstić information content (AvgIpc) is 2.70. The number of nitrogens with one attached hydrogen (secondary N) is 2. The Morgan fingerprint density at radius 2 is 1.93 bits per heavy atom. The van der Waals surface area contributed by atoms with Gasteiger partial charge in [0.25, 0.3) is 0 Å². The minimum absolute atomic E-state index is 0.230. The maximum atomic E-state index is 11.7. The second-order valence-corrected chi connectivity index (χ2v) is 4.39. The van der Waals surface area contributed by atoms with E-state index in [1.54, 1.807) is 6.92 Å². The van der Waals surface area contributed by atoms with Gasteiger partial charge >= 0.3 is 12.0 Å². The van der Waals surface area contributed by atoms with Crippen LogP contribution in [0.4, 0.5) is 4.79 Å². The molecule has 1 unspecified atom stereocenters. The van der Waals surface area contributed by atoms with Gasteiger partial charge in [0, 0.05) is 12.5 Å². The van der Waals surface area contributed by atoms with Crippen LogP contribution in [0.25, 0.3) is 0 Å². The zero-order valence-electron chi connectivity index (χ0n) is 9.64. The summed E-state index contributed by atoms with van der Waals surface area (Å²) in [6, 6.07) is -0.353. The number of carbonyl (C=O) groups is 2. The van der Waals surface area contributed by atoms with Crippen molar-refractivity contribution in [1.82, 2.24) is 10.6 Å². The van der Waals surface area contributed by atoms with Crippen LogP contribution in [0, 0.1) is 5.41 Å². The summed E-state index contributed by atoms with van der Waals surface area (Å²) in [4.78, 5) is 23.0. The number of rotatable bonds is 3. The zero-order valence-corrected chi connectivity index (χ0v) is 9.64. The first kappa shape index (κ1) is 11.8. The van der Waals surface area contributed by atoms with E-state index >= 15 is 0 Å². The summed E-state index contributed by atoms with van der Waals surface area (Å²) in [6.45, 7) is 5.94. The number of hydrogen-bond donors (Lipinski definition) is 2. The van der Waals surface area contributed by atoms with Crippen molar-refractivity contribution >= 4 is 12.0 Å². The lowest BCUT2D eigenvalue weighted by molar-refractivity contribution is -0.147. The molecule has 1 aliphatic carbocycles. The molecule has 1 atom stereocenters. The Kier molecular flexibility index (Phi) is 2.93. The van der Waals surface area contributed by atoms with Crippen LogP contribution < -0.4 is 10.6 Å². The maximum absolute atomic E-state index is 11.7. The molecule has 5 nitrogen and oxygen atoms in total. The molecular formula is C10H18N2O3. The van der Waals surface area contributed by atoms with E-state index in [-0.39, 0.29) is 17.4 Å². The van der Waals surface area contributed by atoms with Crippen LogP contribution in [0.2, 0.25) is 0 Å². The molecule has 0 spiro atoms. The van der Waals surface area contributed by atoms with E-state index in [1.807, 2.05) is 13.8 Å². The molecule has 1 rings (SSSR count). The molecule has 0 aromatic carbocycles. The van der Waals surface area contributed by atoms with Gasteiger partial charge in [-0.3, -0.25) is 0 Å². The van der Waals surface area contributed by atoms with Gasteiger partial charge < -0.3 is 15.4 Å². The fourth-order valence-electron chi connectivity index (χ4n) is 1.74. The minimum Gasteiger partial charge on any atom is -0.464 e. The fraction of sp³-hybridized carbons (Fsp3) is 0.800. The Morgan fingerprint density at radius 3 is 2.27 bits per heavy atom. The minimum atomic E-state index is -0.844.